The smallest absolute Gasteiger partial charge is 0.161 e. The standard InChI is InChI=1S/C16H23NO2/c1-3-5-6-7-14(17-4-2)13-8-9-15-16(12-13)19-11-10-18-15/h3,8-9,12,14,17H,1,4-7,10-11H2,2H3. The van der Waals surface area contributed by atoms with Gasteiger partial charge in [-0.25, -0.2) is 0 Å². The third-order valence-electron chi connectivity index (χ3n) is 3.32. The van der Waals surface area contributed by atoms with Gasteiger partial charge in [0, 0.05) is 6.04 Å². The molecule has 1 aliphatic rings. The molecule has 0 radical (unpaired) electrons. The minimum absolute atomic E-state index is 0.376. The molecule has 1 aromatic carbocycles. The second-order valence-electron chi connectivity index (χ2n) is 4.73. The minimum atomic E-state index is 0.376. The molecule has 104 valence electrons. The van der Waals surface area contributed by atoms with Gasteiger partial charge in [-0.1, -0.05) is 19.1 Å². The molecule has 0 bridgehead atoms. The first-order valence-electron chi connectivity index (χ1n) is 7.09. The highest BCUT2D eigenvalue weighted by Gasteiger charge is 2.16. The molecular weight excluding hydrogens is 238 g/mol. The number of rotatable bonds is 7. The van der Waals surface area contributed by atoms with E-state index in [1.165, 1.54) is 5.56 Å². The summed E-state index contributed by atoms with van der Waals surface area (Å²) in [5.41, 5.74) is 1.27. The maximum Gasteiger partial charge on any atom is 0.161 e. The van der Waals surface area contributed by atoms with Gasteiger partial charge in [-0.2, -0.15) is 0 Å². The third-order valence-corrected chi connectivity index (χ3v) is 3.32. The molecule has 0 fully saturated rings. The summed E-state index contributed by atoms with van der Waals surface area (Å²) in [5, 5.41) is 3.53. The van der Waals surface area contributed by atoms with Crippen LogP contribution < -0.4 is 14.8 Å². The molecule has 3 nitrogen and oxygen atoms in total. The van der Waals surface area contributed by atoms with Crippen molar-refractivity contribution in [3.8, 4) is 11.5 Å². The number of hydrogen-bond donors (Lipinski definition) is 1. The maximum absolute atomic E-state index is 5.65. The van der Waals surface area contributed by atoms with Crippen molar-refractivity contribution >= 4 is 0 Å². The van der Waals surface area contributed by atoms with Crippen LogP contribution in [-0.4, -0.2) is 19.8 Å². The molecule has 1 heterocycles. The van der Waals surface area contributed by atoms with Crippen molar-refractivity contribution in [3.63, 3.8) is 0 Å². The Kier molecular flexibility index (Phi) is 5.28. The normalized spacial score (nSPS) is 15.0. The van der Waals surface area contributed by atoms with Gasteiger partial charge in [0.1, 0.15) is 13.2 Å². The zero-order chi connectivity index (χ0) is 13.5. The quantitative estimate of drug-likeness (QED) is 0.602. The van der Waals surface area contributed by atoms with Gasteiger partial charge < -0.3 is 14.8 Å². The Balaban J connectivity index is 2.09. The van der Waals surface area contributed by atoms with Gasteiger partial charge >= 0.3 is 0 Å². The lowest BCUT2D eigenvalue weighted by molar-refractivity contribution is 0.171. The lowest BCUT2D eigenvalue weighted by atomic mass is 10.00. The predicted octanol–water partition coefficient (Wildman–Crippen LogP) is 3.46. The van der Waals surface area contributed by atoms with Crippen LogP contribution in [0.1, 0.15) is 37.8 Å². The van der Waals surface area contributed by atoms with E-state index in [1.807, 2.05) is 12.1 Å². The molecule has 3 heteroatoms. The maximum atomic E-state index is 5.65. The Bertz CT molecular complexity index is 417. The average Bonchev–Trinajstić information content (AvgIpc) is 2.46. The fraction of sp³-hybridized carbons (Fsp3) is 0.500. The van der Waals surface area contributed by atoms with Crippen LogP contribution in [0.15, 0.2) is 30.9 Å². The molecule has 0 spiro atoms. The SMILES string of the molecule is C=CCCCC(NCC)c1ccc2c(c1)OCCO2. The van der Waals surface area contributed by atoms with E-state index in [-0.39, 0.29) is 0 Å². The highest BCUT2D eigenvalue weighted by molar-refractivity contribution is 5.44. The summed E-state index contributed by atoms with van der Waals surface area (Å²) in [6, 6.07) is 6.63. The summed E-state index contributed by atoms with van der Waals surface area (Å²) in [5.74, 6) is 1.73. The predicted molar refractivity (Wildman–Crippen MR) is 77.9 cm³/mol. The number of unbranched alkanes of at least 4 members (excludes halogenated alkanes) is 1. The molecule has 19 heavy (non-hydrogen) atoms. The monoisotopic (exact) mass is 261 g/mol. The number of nitrogens with one attached hydrogen (secondary N) is 1. The molecule has 1 N–H and O–H groups in total. The van der Waals surface area contributed by atoms with Crippen LogP contribution in [-0.2, 0) is 0 Å². The minimum Gasteiger partial charge on any atom is -0.486 e. The summed E-state index contributed by atoms with van der Waals surface area (Å²) >= 11 is 0. The van der Waals surface area contributed by atoms with Crippen LogP contribution in [0, 0.1) is 0 Å². The van der Waals surface area contributed by atoms with E-state index >= 15 is 0 Å². The van der Waals surface area contributed by atoms with Gasteiger partial charge in [-0.3, -0.25) is 0 Å². The highest BCUT2D eigenvalue weighted by Crippen LogP contribution is 2.33. The van der Waals surface area contributed by atoms with Crippen molar-refractivity contribution in [2.75, 3.05) is 19.8 Å². The zero-order valence-corrected chi connectivity index (χ0v) is 11.7. The van der Waals surface area contributed by atoms with Crippen molar-refractivity contribution in [1.82, 2.24) is 5.32 Å². The first-order chi connectivity index (χ1) is 9.35. The number of hydrogen-bond acceptors (Lipinski definition) is 3. The summed E-state index contributed by atoms with van der Waals surface area (Å²) in [7, 11) is 0. The Morgan fingerprint density at radius 1 is 1.32 bits per heavy atom. The Morgan fingerprint density at radius 2 is 2.11 bits per heavy atom. The Labute approximate surface area is 115 Å². The van der Waals surface area contributed by atoms with E-state index in [0.717, 1.165) is 37.3 Å². The summed E-state index contributed by atoms with van der Waals surface area (Å²) in [6.45, 7) is 8.16. The van der Waals surface area contributed by atoms with Gasteiger partial charge in [0.15, 0.2) is 11.5 Å². The largest absolute Gasteiger partial charge is 0.486 e. The first-order valence-corrected chi connectivity index (χ1v) is 7.09. The molecule has 0 saturated heterocycles. The zero-order valence-electron chi connectivity index (χ0n) is 11.7. The second-order valence-corrected chi connectivity index (χ2v) is 4.73. The van der Waals surface area contributed by atoms with Crippen LogP contribution in [0.5, 0.6) is 11.5 Å². The van der Waals surface area contributed by atoms with Gasteiger partial charge in [-0.05, 0) is 43.5 Å². The molecule has 0 amide bonds. The highest BCUT2D eigenvalue weighted by atomic mass is 16.6. The summed E-state index contributed by atoms with van der Waals surface area (Å²) < 4.78 is 11.2. The molecule has 1 unspecified atom stereocenters. The lowest BCUT2D eigenvalue weighted by Crippen LogP contribution is -2.21. The summed E-state index contributed by atoms with van der Waals surface area (Å²) in [4.78, 5) is 0. The van der Waals surface area contributed by atoms with Crippen molar-refractivity contribution in [1.29, 1.82) is 0 Å². The van der Waals surface area contributed by atoms with Crippen LogP contribution in [0.3, 0.4) is 0 Å². The second kappa shape index (κ2) is 7.19. The van der Waals surface area contributed by atoms with Gasteiger partial charge in [-0.15, -0.1) is 6.58 Å². The van der Waals surface area contributed by atoms with E-state index in [4.69, 9.17) is 9.47 Å². The topological polar surface area (TPSA) is 30.5 Å². The first kappa shape index (κ1) is 13.9. The molecule has 2 rings (SSSR count). The molecule has 1 aromatic rings. The number of fused-ring (bicyclic) bond motifs is 1. The third kappa shape index (κ3) is 3.74. The van der Waals surface area contributed by atoms with Crippen molar-refractivity contribution in [2.24, 2.45) is 0 Å². The number of allylic oxidation sites excluding steroid dienone is 1. The van der Waals surface area contributed by atoms with Crippen LogP contribution in [0.2, 0.25) is 0 Å². The lowest BCUT2D eigenvalue weighted by Gasteiger charge is -2.22. The van der Waals surface area contributed by atoms with Gasteiger partial charge in [0.05, 0.1) is 0 Å². The van der Waals surface area contributed by atoms with Crippen LogP contribution in [0.25, 0.3) is 0 Å². The molecule has 0 saturated carbocycles. The van der Waals surface area contributed by atoms with E-state index in [1.54, 1.807) is 0 Å². The average molecular weight is 261 g/mol. The Hall–Kier alpha value is -1.48. The molecule has 0 aromatic heterocycles. The van der Waals surface area contributed by atoms with Crippen LogP contribution >= 0.6 is 0 Å². The van der Waals surface area contributed by atoms with Crippen molar-refractivity contribution < 1.29 is 9.47 Å². The van der Waals surface area contributed by atoms with E-state index in [9.17, 15) is 0 Å². The fourth-order valence-electron chi connectivity index (χ4n) is 2.38. The molecule has 1 atom stereocenters. The molecular formula is C16H23NO2. The van der Waals surface area contributed by atoms with E-state index in [0.29, 0.717) is 19.3 Å². The summed E-state index contributed by atoms with van der Waals surface area (Å²) in [6.07, 6.45) is 5.30. The number of benzene rings is 1. The fourth-order valence-corrected chi connectivity index (χ4v) is 2.38. The molecule has 0 aliphatic carbocycles. The van der Waals surface area contributed by atoms with Gasteiger partial charge in [0.2, 0.25) is 0 Å². The van der Waals surface area contributed by atoms with E-state index in [2.05, 4.69) is 31.0 Å². The van der Waals surface area contributed by atoms with Crippen LogP contribution in [0.4, 0.5) is 0 Å². The Morgan fingerprint density at radius 3 is 2.84 bits per heavy atom. The van der Waals surface area contributed by atoms with Crippen molar-refractivity contribution in [2.45, 2.75) is 32.2 Å². The van der Waals surface area contributed by atoms with E-state index < -0.39 is 0 Å². The number of ether oxygens (including phenoxy) is 2. The van der Waals surface area contributed by atoms with Gasteiger partial charge in [0.25, 0.3) is 0 Å². The van der Waals surface area contributed by atoms with Crippen molar-refractivity contribution in [3.05, 3.63) is 36.4 Å². The molecule has 1 aliphatic heterocycles.